The highest BCUT2D eigenvalue weighted by molar-refractivity contribution is 6.01. The molecule has 0 saturated carbocycles. The number of likely N-dealkylation sites (N-methyl/N-ethyl adjacent to an activating group) is 1. The Morgan fingerprint density at radius 1 is 1.09 bits per heavy atom. The third-order valence-electron chi connectivity index (χ3n) is 6.04. The second kappa shape index (κ2) is 9.33. The molecule has 0 spiro atoms. The molecule has 1 saturated heterocycles. The zero-order valence-electron chi connectivity index (χ0n) is 18.9. The average Bonchev–Trinajstić information content (AvgIpc) is 3.32. The molecule has 8 heteroatoms. The second-order valence-corrected chi connectivity index (χ2v) is 8.26. The van der Waals surface area contributed by atoms with Crippen molar-refractivity contribution in [2.24, 2.45) is 0 Å². The van der Waals surface area contributed by atoms with Gasteiger partial charge in [0.2, 0.25) is 0 Å². The molecule has 1 aliphatic heterocycles. The van der Waals surface area contributed by atoms with Gasteiger partial charge in [-0.3, -0.25) is 4.79 Å². The first-order valence-corrected chi connectivity index (χ1v) is 11.2. The van der Waals surface area contributed by atoms with Gasteiger partial charge < -0.3 is 19.5 Å². The van der Waals surface area contributed by atoms with Gasteiger partial charge in [-0.15, -0.1) is 0 Å². The Labute approximate surface area is 197 Å². The molecule has 1 amide bonds. The number of benzene rings is 2. The third kappa shape index (κ3) is 4.21. The number of piperazine rings is 1. The third-order valence-corrected chi connectivity index (χ3v) is 6.04. The Balaban J connectivity index is 1.53. The Morgan fingerprint density at radius 3 is 2.74 bits per heavy atom. The van der Waals surface area contributed by atoms with Crippen LogP contribution in [0.2, 0.25) is 0 Å². The van der Waals surface area contributed by atoms with Crippen molar-refractivity contribution >= 4 is 17.1 Å². The van der Waals surface area contributed by atoms with Crippen LogP contribution in [0.15, 0.2) is 60.8 Å². The van der Waals surface area contributed by atoms with Crippen LogP contribution in [-0.4, -0.2) is 70.5 Å². The molecule has 2 aromatic heterocycles. The fourth-order valence-electron chi connectivity index (χ4n) is 4.20. The minimum Gasteiger partial charge on any atom is -0.479 e. The molecule has 8 nitrogen and oxygen atoms in total. The number of nitriles is 1. The average molecular weight is 453 g/mol. The zero-order chi connectivity index (χ0) is 23.5. The lowest BCUT2D eigenvalue weighted by Gasteiger charge is -2.32. The number of nitrogens with zero attached hydrogens (tertiary/aromatic N) is 5. The summed E-state index contributed by atoms with van der Waals surface area (Å²) in [5.74, 6) is 1.23. The van der Waals surface area contributed by atoms with Crippen LogP contribution in [0.5, 0.6) is 5.75 Å². The molecule has 0 bridgehead atoms. The van der Waals surface area contributed by atoms with E-state index in [1.165, 1.54) is 0 Å². The number of nitrogens with one attached hydrogen (secondary N) is 1. The van der Waals surface area contributed by atoms with Gasteiger partial charge in [0, 0.05) is 43.5 Å². The number of imidazole rings is 1. The summed E-state index contributed by atoms with van der Waals surface area (Å²) in [5, 5.41) is 8.80. The van der Waals surface area contributed by atoms with Gasteiger partial charge in [-0.25, -0.2) is 9.97 Å². The normalized spacial score (nSPS) is 14.2. The molecule has 170 valence electrons. The summed E-state index contributed by atoms with van der Waals surface area (Å²) in [6.45, 7) is 3.13. The van der Waals surface area contributed by atoms with Gasteiger partial charge in [0.15, 0.2) is 12.3 Å². The van der Waals surface area contributed by atoms with Gasteiger partial charge >= 0.3 is 0 Å². The number of hydrogen-bond donors (Lipinski definition) is 1. The molecule has 0 atom stereocenters. The number of pyridine rings is 1. The summed E-state index contributed by atoms with van der Waals surface area (Å²) < 4.78 is 5.46. The highest BCUT2D eigenvalue weighted by Crippen LogP contribution is 2.31. The van der Waals surface area contributed by atoms with Crippen LogP contribution in [-0.2, 0) is 0 Å². The van der Waals surface area contributed by atoms with Crippen molar-refractivity contribution in [2.45, 2.75) is 0 Å². The smallest absolute Gasteiger partial charge is 0.254 e. The van der Waals surface area contributed by atoms with Crippen molar-refractivity contribution in [2.75, 3.05) is 39.8 Å². The second-order valence-electron chi connectivity index (χ2n) is 8.26. The standard InChI is InChI=1S/C26H24N6O2/c1-31-12-14-32(15-13-31)26(33)22-8-3-2-7-21(22)24-29-23-20(9-11-28-25(23)30-24)18-5-4-6-19(17-18)34-16-10-27/h2-9,11,17H,12-16H2,1H3,(H,28,29,30). The minimum atomic E-state index is -0.0140. The first-order chi connectivity index (χ1) is 16.6. The van der Waals surface area contributed by atoms with E-state index in [1.807, 2.05) is 65.6 Å². The van der Waals surface area contributed by atoms with Crippen molar-refractivity contribution in [3.8, 4) is 34.3 Å². The van der Waals surface area contributed by atoms with Gasteiger partial charge in [-0.1, -0.05) is 30.3 Å². The van der Waals surface area contributed by atoms with Crippen LogP contribution < -0.4 is 4.74 Å². The molecule has 4 aromatic rings. The predicted octanol–water partition coefficient (Wildman–Crippen LogP) is 3.58. The van der Waals surface area contributed by atoms with Crippen molar-refractivity contribution in [3.63, 3.8) is 0 Å². The van der Waals surface area contributed by atoms with Gasteiger partial charge in [0.25, 0.3) is 5.91 Å². The number of rotatable bonds is 5. The first kappa shape index (κ1) is 21.6. The topological polar surface area (TPSA) is 98.1 Å². The van der Waals surface area contributed by atoms with Crippen LogP contribution in [0.3, 0.4) is 0 Å². The molecule has 0 unspecified atom stereocenters. The Hall–Kier alpha value is -4.22. The van der Waals surface area contributed by atoms with Crippen LogP contribution in [0.4, 0.5) is 0 Å². The highest BCUT2D eigenvalue weighted by atomic mass is 16.5. The van der Waals surface area contributed by atoms with E-state index in [9.17, 15) is 4.79 Å². The van der Waals surface area contributed by atoms with Gasteiger partial charge in [-0.2, -0.15) is 5.26 Å². The summed E-state index contributed by atoms with van der Waals surface area (Å²) in [5.41, 5.74) is 4.51. The lowest BCUT2D eigenvalue weighted by Crippen LogP contribution is -2.47. The molecular weight excluding hydrogens is 428 g/mol. The minimum absolute atomic E-state index is 0.0136. The quantitative estimate of drug-likeness (QED) is 0.497. The molecule has 34 heavy (non-hydrogen) atoms. The number of H-pyrrole nitrogens is 1. The van der Waals surface area contributed by atoms with E-state index in [2.05, 4.69) is 21.9 Å². The summed E-state index contributed by atoms with van der Waals surface area (Å²) in [4.78, 5) is 30.1. The van der Waals surface area contributed by atoms with Gasteiger partial charge in [-0.05, 0) is 36.9 Å². The molecule has 1 fully saturated rings. The number of carbonyl (C=O) groups excluding carboxylic acids is 1. The van der Waals surface area contributed by atoms with E-state index in [-0.39, 0.29) is 12.5 Å². The number of carbonyl (C=O) groups is 1. The van der Waals surface area contributed by atoms with E-state index in [0.717, 1.165) is 29.8 Å². The lowest BCUT2D eigenvalue weighted by molar-refractivity contribution is 0.0665. The predicted molar refractivity (Wildman–Crippen MR) is 129 cm³/mol. The maximum absolute atomic E-state index is 13.3. The SMILES string of the molecule is CN1CCN(C(=O)c2ccccc2-c2nc3c(-c4cccc(OCC#N)c4)ccnc3[nH]2)CC1. The van der Waals surface area contributed by atoms with Crippen molar-refractivity contribution in [1.29, 1.82) is 5.26 Å². The summed E-state index contributed by atoms with van der Waals surface area (Å²) in [7, 11) is 2.07. The number of fused-ring (bicyclic) bond motifs is 1. The molecule has 1 N–H and O–H groups in total. The molecule has 2 aromatic carbocycles. The molecular formula is C26H24N6O2. The maximum atomic E-state index is 13.3. The largest absolute Gasteiger partial charge is 0.479 e. The van der Waals surface area contributed by atoms with Gasteiger partial charge in [0.1, 0.15) is 23.2 Å². The van der Waals surface area contributed by atoms with Crippen LogP contribution in [0, 0.1) is 11.3 Å². The maximum Gasteiger partial charge on any atom is 0.254 e. The fourth-order valence-corrected chi connectivity index (χ4v) is 4.20. The number of hydrogen-bond acceptors (Lipinski definition) is 6. The van der Waals surface area contributed by atoms with Crippen LogP contribution in [0.25, 0.3) is 33.7 Å². The fraction of sp³-hybridized carbons (Fsp3) is 0.231. The lowest BCUT2D eigenvalue weighted by atomic mass is 10.0. The Kier molecular flexibility index (Phi) is 5.93. The van der Waals surface area contributed by atoms with E-state index < -0.39 is 0 Å². The summed E-state index contributed by atoms with van der Waals surface area (Å²) >= 11 is 0. The highest BCUT2D eigenvalue weighted by Gasteiger charge is 2.24. The number of aromatic nitrogens is 3. The van der Waals surface area contributed by atoms with Crippen LogP contribution in [0.1, 0.15) is 10.4 Å². The summed E-state index contributed by atoms with van der Waals surface area (Å²) in [6.07, 6.45) is 1.73. The molecule has 3 heterocycles. The molecule has 1 aliphatic rings. The Morgan fingerprint density at radius 2 is 1.91 bits per heavy atom. The van der Waals surface area contributed by atoms with E-state index in [1.54, 1.807) is 6.20 Å². The van der Waals surface area contributed by atoms with Crippen molar-refractivity contribution in [3.05, 3.63) is 66.4 Å². The molecule has 0 aliphatic carbocycles. The van der Waals surface area contributed by atoms with Crippen LogP contribution >= 0.6 is 0 Å². The monoisotopic (exact) mass is 452 g/mol. The molecule has 5 rings (SSSR count). The van der Waals surface area contributed by atoms with E-state index in [0.29, 0.717) is 41.4 Å². The number of aromatic amines is 1. The number of amides is 1. The van der Waals surface area contributed by atoms with E-state index in [4.69, 9.17) is 15.0 Å². The summed E-state index contributed by atoms with van der Waals surface area (Å²) in [6, 6.07) is 19.0. The first-order valence-electron chi connectivity index (χ1n) is 11.2. The Bertz CT molecular complexity index is 1380. The van der Waals surface area contributed by atoms with E-state index >= 15 is 0 Å². The van der Waals surface area contributed by atoms with Crippen molar-refractivity contribution in [1.82, 2.24) is 24.8 Å². The molecule has 0 radical (unpaired) electrons. The zero-order valence-corrected chi connectivity index (χ0v) is 18.9. The van der Waals surface area contributed by atoms with Gasteiger partial charge in [0.05, 0.1) is 5.56 Å². The number of ether oxygens (including phenoxy) is 1. The van der Waals surface area contributed by atoms with Crippen molar-refractivity contribution < 1.29 is 9.53 Å².